The Balaban J connectivity index is 2.20. The lowest BCUT2D eigenvalue weighted by atomic mass is 10.2. The first kappa shape index (κ1) is 12.3. The first-order valence-corrected chi connectivity index (χ1v) is 6.36. The predicted octanol–water partition coefficient (Wildman–Crippen LogP) is 3.15. The Bertz CT molecular complexity index is 481. The summed E-state index contributed by atoms with van der Waals surface area (Å²) < 4.78 is 11.6. The molecule has 0 radical (unpaired) electrons. The van der Waals surface area contributed by atoms with Crippen LogP contribution in [0.1, 0.15) is 32.2 Å². The summed E-state index contributed by atoms with van der Waals surface area (Å²) in [5.41, 5.74) is 0. The number of nitrogens with one attached hydrogen (secondary N) is 1. The molecular formula is C11H14BrN3O2. The maximum absolute atomic E-state index is 5.59. The summed E-state index contributed by atoms with van der Waals surface area (Å²) in [4.78, 5) is 0. The highest BCUT2D eigenvalue weighted by molar-refractivity contribution is 9.10. The van der Waals surface area contributed by atoms with Crippen molar-refractivity contribution in [1.82, 2.24) is 15.5 Å². The van der Waals surface area contributed by atoms with Gasteiger partial charge in [-0.25, -0.2) is 0 Å². The number of hydrogen-bond acceptors (Lipinski definition) is 5. The summed E-state index contributed by atoms with van der Waals surface area (Å²) in [7, 11) is 0. The van der Waals surface area contributed by atoms with Crippen LogP contribution in [0.4, 0.5) is 0 Å². The molecule has 0 aromatic carbocycles. The summed E-state index contributed by atoms with van der Waals surface area (Å²) in [5.74, 6) is 1.57. The summed E-state index contributed by atoms with van der Waals surface area (Å²) in [6, 6.07) is 3.68. The van der Waals surface area contributed by atoms with Crippen molar-refractivity contribution in [3.05, 3.63) is 22.7 Å². The molecule has 6 heteroatoms. The van der Waals surface area contributed by atoms with E-state index < -0.39 is 0 Å². The van der Waals surface area contributed by atoms with Gasteiger partial charge in [-0.15, -0.1) is 10.2 Å². The van der Waals surface area contributed by atoms with E-state index in [1.807, 2.05) is 6.92 Å². The largest absolute Gasteiger partial charge is 0.444 e. The summed E-state index contributed by atoms with van der Waals surface area (Å²) in [6.07, 6.45) is 0.900. The smallest absolute Gasteiger partial charge is 0.283 e. The topological polar surface area (TPSA) is 64.1 Å². The monoisotopic (exact) mass is 299 g/mol. The summed E-state index contributed by atoms with van der Waals surface area (Å²) in [6.45, 7) is 4.98. The van der Waals surface area contributed by atoms with Gasteiger partial charge in [-0.1, -0.05) is 13.8 Å². The Kier molecular flexibility index (Phi) is 3.96. The van der Waals surface area contributed by atoms with Crippen LogP contribution in [0.15, 0.2) is 25.6 Å². The average Bonchev–Trinajstić information content (AvgIpc) is 2.94. The highest BCUT2D eigenvalue weighted by Gasteiger charge is 2.18. The van der Waals surface area contributed by atoms with Gasteiger partial charge in [-0.3, -0.25) is 0 Å². The van der Waals surface area contributed by atoms with Crippen LogP contribution in [0.5, 0.6) is 0 Å². The van der Waals surface area contributed by atoms with Crippen molar-refractivity contribution in [2.24, 2.45) is 0 Å². The molecule has 0 amide bonds. The normalized spacial score (nSPS) is 12.9. The molecule has 5 nitrogen and oxygen atoms in total. The molecule has 0 fully saturated rings. The molecule has 1 N–H and O–H groups in total. The second-order valence-corrected chi connectivity index (χ2v) is 4.35. The van der Waals surface area contributed by atoms with Crippen molar-refractivity contribution in [3.63, 3.8) is 0 Å². The molecule has 0 spiro atoms. The van der Waals surface area contributed by atoms with Gasteiger partial charge in [0.25, 0.3) is 5.89 Å². The van der Waals surface area contributed by atoms with E-state index >= 15 is 0 Å². The molecule has 0 saturated heterocycles. The number of rotatable bonds is 5. The van der Waals surface area contributed by atoms with E-state index in [9.17, 15) is 0 Å². The average molecular weight is 300 g/mol. The lowest BCUT2D eigenvalue weighted by Gasteiger charge is -2.09. The van der Waals surface area contributed by atoms with Crippen molar-refractivity contribution in [2.75, 3.05) is 6.54 Å². The maximum atomic E-state index is 5.59. The SMILES string of the molecule is CCNC(CC)c1nnc(-c2ccc(Br)o2)o1. The highest BCUT2D eigenvalue weighted by atomic mass is 79.9. The van der Waals surface area contributed by atoms with E-state index in [-0.39, 0.29) is 6.04 Å². The fourth-order valence-electron chi connectivity index (χ4n) is 1.56. The van der Waals surface area contributed by atoms with Crippen LogP contribution in [-0.2, 0) is 0 Å². The van der Waals surface area contributed by atoms with Crippen molar-refractivity contribution in [3.8, 4) is 11.7 Å². The third-order valence-corrected chi connectivity index (χ3v) is 2.81. The van der Waals surface area contributed by atoms with E-state index in [1.165, 1.54) is 0 Å². The Morgan fingerprint density at radius 1 is 1.29 bits per heavy atom. The standard InChI is InChI=1S/C11H14BrN3O2/c1-3-7(13-4-2)10-14-15-11(17-10)8-5-6-9(12)16-8/h5-7,13H,3-4H2,1-2H3. The molecule has 1 unspecified atom stereocenters. The van der Waals surface area contributed by atoms with Crippen molar-refractivity contribution < 1.29 is 8.83 Å². The molecule has 2 aromatic rings. The number of nitrogens with zero attached hydrogens (tertiary/aromatic N) is 2. The molecule has 17 heavy (non-hydrogen) atoms. The van der Waals surface area contributed by atoms with Gasteiger partial charge < -0.3 is 14.2 Å². The van der Waals surface area contributed by atoms with Crippen molar-refractivity contribution in [2.45, 2.75) is 26.3 Å². The second-order valence-electron chi connectivity index (χ2n) is 3.57. The molecular weight excluding hydrogens is 286 g/mol. The van der Waals surface area contributed by atoms with Crippen LogP contribution < -0.4 is 5.32 Å². The first-order valence-electron chi connectivity index (χ1n) is 5.57. The maximum Gasteiger partial charge on any atom is 0.283 e. The van der Waals surface area contributed by atoms with Crippen LogP contribution in [0.3, 0.4) is 0 Å². The molecule has 0 aliphatic carbocycles. The molecule has 0 saturated carbocycles. The van der Waals surface area contributed by atoms with E-state index in [0.717, 1.165) is 13.0 Å². The zero-order valence-electron chi connectivity index (χ0n) is 9.74. The zero-order chi connectivity index (χ0) is 12.3. The minimum absolute atomic E-state index is 0.0969. The third kappa shape index (κ3) is 2.76. The van der Waals surface area contributed by atoms with Crippen LogP contribution in [0.2, 0.25) is 0 Å². The van der Waals surface area contributed by atoms with Gasteiger partial charge in [-0.05, 0) is 41.0 Å². The van der Waals surface area contributed by atoms with Crippen LogP contribution in [0, 0.1) is 0 Å². The molecule has 0 aliphatic rings. The second kappa shape index (κ2) is 5.46. The summed E-state index contributed by atoms with van der Waals surface area (Å²) >= 11 is 3.23. The highest BCUT2D eigenvalue weighted by Crippen LogP contribution is 2.25. The summed E-state index contributed by atoms with van der Waals surface area (Å²) in [5, 5.41) is 11.3. The van der Waals surface area contributed by atoms with E-state index in [0.29, 0.717) is 22.2 Å². The van der Waals surface area contributed by atoms with E-state index in [4.69, 9.17) is 8.83 Å². The van der Waals surface area contributed by atoms with Crippen molar-refractivity contribution >= 4 is 15.9 Å². The molecule has 1 atom stereocenters. The van der Waals surface area contributed by atoms with Gasteiger partial charge in [-0.2, -0.15) is 0 Å². The molecule has 2 heterocycles. The number of aromatic nitrogens is 2. The Morgan fingerprint density at radius 3 is 2.71 bits per heavy atom. The predicted molar refractivity (Wildman–Crippen MR) is 66.4 cm³/mol. The fraction of sp³-hybridized carbons (Fsp3) is 0.455. The van der Waals surface area contributed by atoms with Gasteiger partial charge in [0.2, 0.25) is 5.89 Å². The van der Waals surface area contributed by atoms with Gasteiger partial charge in [0.1, 0.15) is 0 Å². The van der Waals surface area contributed by atoms with Crippen LogP contribution in [0.25, 0.3) is 11.7 Å². The lowest BCUT2D eigenvalue weighted by molar-refractivity contribution is 0.395. The van der Waals surface area contributed by atoms with Gasteiger partial charge in [0.15, 0.2) is 10.4 Å². The number of hydrogen-bond donors (Lipinski definition) is 1. The third-order valence-electron chi connectivity index (χ3n) is 2.38. The van der Waals surface area contributed by atoms with E-state index in [1.54, 1.807) is 12.1 Å². The van der Waals surface area contributed by atoms with Crippen LogP contribution in [-0.4, -0.2) is 16.7 Å². The minimum atomic E-state index is 0.0969. The molecule has 0 aliphatic heterocycles. The van der Waals surface area contributed by atoms with Gasteiger partial charge in [0, 0.05) is 0 Å². The Labute approximate surface area is 108 Å². The quantitative estimate of drug-likeness (QED) is 0.919. The zero-order valence-corrected chi connectivity index (χ0v) is 11.3. The van der Waals surface area contributed by atoms with E-state index in [2.05, 4.69) is 38.4 Å². The molecule has 92 valence electrons. The number of furan rings is 1. The fourth-order valence-corrected chi connectivity index (χ4v) is 1.86. The van der Waals surface area contributed by atoms with Gasteiger partial charge in [0.05, 0.1) is 6.04 Å². The van der Waals surface area contributed by atoms with Crippen LogP contribution >= 0.6 is 15.9 Å². The Hall–Kier alpha value is -1.14. The first-order chi connectivity index (χ1) is 8.24. The molecule has 0 bridgehead atoms. The molecule has 2 rings (SSSR count). The number of halogens is 1. The Morgan fingerprint density at radius 2 is 2.12 bits per heavy atom. The lowest BCUT2D eigenvalue weighted by Crippen LogP contribution is -2.20. The molecule has 2 aromatic heterocycles. The van der Waals surface area contributed by atoms with Gasteiger partial charge >= 0.3 is 0 Å². The van der Waals surface area contributed by atoms with Crippen molar-refractivity contribution in [1.29, 1.82) is 0 Å². The minimum Gasteiger partial charge on any atom is -0.444 e.